The van der Waals surface area contributed by atoms with Crippen molar-refractivity contribution in [1.82, 2.24) is 10.3 Å². The Hall–Kier alpha value is -4.99. The number of fused-ring (bicyclic) bond motifs is 3. The number of rotatable bonds is 8. The number of carbonyl (C=O) groups excluding carboxylic acids is 2. The summed E-state index contributed by atoms with van der Waals surface area (Å²) < 4.78 is 33.6. The van der Waals surface area contributed by atoms with Crippen molar-refractivity contribution in [3.05, 3.63) is 89.3 Å². The quantitative estimate of drug-likeness (QED) is 0.327. The lowest BCUT2D eigenvalue weighted by atomic mass is 9.82. The van der Waals surface area contributed by atoms with E-state index in [1.807, 2.05) is 24.3 Å². The van der Waals surface area contributed by atoms with Gasteiger partial charge in [-0.15, -0.1) is 0 Å². The maximum absolute atomic E-state index is 13.5. The smallest absolute Gasteiger partial charge is 0.340 e. The van der Waals surface area contributed by atoms with Gasteiger partial charge in [0.2, 0.25) is 11.6 Å². The number of ether oxygens (including phenoxy) is 5. The van der Waals surface area contributed by atoms with E-state index < -0.39 is 17.8 Å². The van der Waals surface area contributed by atoms with Crippen molar-refractivity contribution in [3.63, 3.8) is 0 Å². The summed E-state index contributed by atoms with van der Waals surface area (Å²) in [5.41, 5.74) is 1.88. The molecule has 1 N–H and O–H groups in total. The lowest BCUT2D eigenvalue weighted by Gasteiger charge is -2.31. The minimum atomic E-state index is -0.764. The van der Waals surface area contributed by atoms with Gasteiger partial charge < -0.3 is 28.1 Å². The summed E-state index contributed by atoms with van der Waals surface area (Å²) in [7, 11) is 4.52. The molecule has 0 bridgehead atoms. The summed E-state index contributed by atoms with van der Waals surface area (Å²) >= 11 is 0. The third-order valence-corrected chi connectivity index (χ3v) is 6.29. The predicted molar refractivity (Wildman–Crippen MR) is 140 cm³/mol. The van der Waals surface area contributed by atoms with Gasteiger partial charge in [0.15, 0.2) is 23.0 Å². The maximum Gasteiger partial charge on any atom is 0.340 e. The average molecular weight is 531 g/mol. The number of methoxy groups -OCH3 is 3. The molecule has 4 aromatic rings. The molecule has 1 aliphatic heterocycles. The molecule has 1 amide bonds. The minimum absolute atomic E-state index is 0.0421. The second-order valence-corrected chi connectivity index (χ2v) is 8.45. The van der Waals surface area contributed by atoms with Crippen LogP contribution in [-0.2, 0) is 9.53 Å². The van der Waals surface area contributed by atoms with Crippen LogP contribution in [0.5, 0.6) is 23.0 Å². The fourth-order valence-electron chi connectivity index (χ4n) is 4.61. The molecule has 1 aliphatic rings. The van der Waals surface area contributed by atoms with E-state index in [0.717, 1.165) is 5.39 Å². The molecule has 0 radical (unpaired) electrons. The minimum Gasteiger partial charge on any atom is -0.493 e. The third-order valence-electron chi connectivity index (χ3n) is 6.29. The number of carbonyl (C=O) groups is 2. The van der Waals surface area contributed by atoms with Crippen molar-refractivity contribution >= 4 is 22.8 Å². The zero-order valence-electron chi connectivity index (χ0n) is 21.8. The van der Waals surface area contributed by atoms with E-state index in [-0.39, 0.29) is 23.8 Å². The first-order chi connectivity index (χ1) is 19.0. The number of aromatic nitrogens is 1. The zero-order valence-corrected chi connectivity index (χ0v) is 21.8. The topological polar surface area (TPSA) is 118 Å². The van der Waals surface area contributed by atoms with Gasteiger partial charge in [-0.25, -0.2) is 4.79 Å². The SMILES string of the molecule is CCOC(=O)C1=C(NC(=O)c2ccco2)Oc2c(ccc3cccnc23)C1c1cc(OC)c(OC)c(OC)c1. The summed E-state index contributed by atoms with van der Waals surface area (Å²) in [4.78, 5) is 31.1. The molecule has 1 atom stereocenters. The van der Waals surface area contributed by atoms with Crippen LogP contribution in [0, 0.1) is 0 Å². The van der Waals surface area contributed by atoms with Crippen molar-refractivity contribution in [2.45, 2.75) is 12.8 Å². The Balaban J connectivity index is 1.79. The van der Waals surface area contributed by atoms with E-state index in [9.17, 15) is 9.59 Å². The zero-order chi connectivity index (χ0) is 27.5. The molecule has 0 aliphatic carbocycles. The van der Waals surface area contributed by atoms with Crippen LogP contribution in [0.25, 0.3) is 10.9 Å². The van der Waals surface area contributed by atoms with Gasteiger partial charge in [-0.05, 0) is 42.8 Å². The molecule has 0 fully saturated rings. The Morgan fingerprint density at radius 3 is 2.41 bits per heavy atom. The molecule has 0 spiro atoms. The number of furan rings is 1. The van der Waals surface area contributed by atoms with E-state index in [2.05, 4.69) is 10.3 Å². The van der Waals surface area contributed by atoms with Gasteiger partial charge in [-0.3, -0.25) is 15.1 Å². The molecule has 200 valence electrons. The van der Waals surface area contributed by atoms with Crippen molar-refractivity contribution in [2.24, 2.45) is 0 Å². The predicted octanol–water partition coefficient (Wildman–Crippen LogP) is 4.58. The van der Waals surface area contributed by atoms with Gasteiger partial charge in [-0.1, -0.05) is 18.2 Å². The average Bonchev–Trinajstić information content (AvgIpc) is 3.51. The Morgan fingerprint density at radius 1 is 1.00 bits per heavy atom. The van der Waals surface area contributed by atoms with Crippen molar-refractivity contribution in [2.75, 3.05) is 27.9 Å². The Labute approximate surface area is 224 Å². The highest BCUT2D eigenvalue weighted by molar-refractivity contribution is 5.98. The maximum atomic E-state index is 13.5. The van der Waals surface area contributed by atoms with E-state index in [1.54, 1.807) is 31.3 Å². The first-order valence-electron chi connectivity index (χ1n) is 12.1. The Kier molecular flexibility index (Phi) is 7.09. The lowest BCUT2D eigenvalue weighted by Crippen LogP contribution is -2.34. The van der Waals surface area contributed by atoms with Gasteiger partial charge in [0.1, 0.15) is 11.1 Å². The van der Waals surface area contributed by atoms with Gasteiger partial charge in [-0.2, -0.15) is 0 Å². The Bertz CT molecular complexity index is 1550. The molecule has 2 aromatic heterocycles. The number of hydrogen-bond acceptors (Lipinski definition) is 9. The van der Waals surface area contributed by atoms with Gasteiger partial charge in [0, 0.05) is 17.1 Å². The summed E-state index contributed by atoms with van der Waals surface area (Å²) in [5.74, 6) is -0.528. The molecule has 39 heavy (non-hydrogen) atoms. The van der Waals surface area contributed by atoms with Crippen LogP contribution in [0.1, 0.15) is 34.5 Å². The number of hydrogen-bond donors (Lipinski definition) is 1. The van der Waals surface area contributed by atoms with Crippen LogP contribution < -0.4 is 24.3 Å². The highest BCUT2D eigenvalue weighted by Crippen LogP contribution is 2.49. The number of nitrogens with one attached hydrogen (secondary N) is 1. The van der Waals surface area contributed by atoms with Gasteiger partial charge >= 0.3 is 5.97 Å². The molecular weight excluding hydrogens is 504 g/mol. The lowest BCUT2D eigenvalue weighted by molar-refractivity contribution is -0.139. The van der Waals surface area contributed by atoms with Gasteiger partial charge in [0.05, 0.1) is 40.1 Å². The second-order valence-electron chi connectivity index (χ2n) is 8.45. The summed E-state index contributed by atoms with van der Waals surface area (Å²) in [6.45, 7) is 1.80. The van der Waals surface area contributed by atoms with Crippen molar-refractivity contribution in [3.8, 4) is 23.0 Å². The highest BCUT2D eigenvalue weighted by Gasteiger charge is 2.39. The first kappa shape index (κ1) is 25.7. The normalized spacial score (nSPS) is 14.3. The molecule has 5 rings (SSSR count). The molecule has 10 heteroatoms. The molecule has 3 heterocycles. The van der Waals surface area contributed by atoms with E-state index in [1.165, 1.54) is 33.7 Å². The number of benzene rings is 2. The number of amides is 1. The van der Waals surface area contributed by atoms with Crippen LogP contribution in [0.2, 0.25) is 0 Å². The molecule has 2 aromatic carbocycles. The summed E-state index contributed by atoms with van der Waals surface area (Å²) in [6.07, 6.45) is 3.02. The van der Waals surface area contributed by atoms with E-state index >= 15 is 0 Å². The van der Waals surface area contributed by atoms with Crippen LogP contribution >= 0.6 is 0 Å². The van der Waals surface area contributed by atoms with E-state index in [4.69, 9.17) is 28.1 Å². The molecule has 0 saturated carbocycles. The fourth-order valence-corrected chi connectivity index (χ4v) is 4.61. The van der Waals surface area contributed by atoms with Crippen molar-refractivity contribution in [1.29, 1.82) is 0 Å². The largest absolute Gasteiger partial charge is 0.493 e. The van der Waals surface area contributed by atoms with E-state index in [0.29, 0.717) is 39.6 Å². The molecular formula is C29H26N2O8. The highest BCUT2D eigenvalue weighted by atomic mass is 16.5. The van der Waals surface area contributed by atoms with Crippen LogP contribution in [0.15, 0.2) is 76.9 Å². The molecule has 0 saturated heterocycles. The standard InChI is InChI=1S/C29H26N2O8/c1-5-37-29(33)23-22(17-14-20(34-2)26(36-4)21(15-17)35-3)18-11-10-16-8-6-12-30-24(16)25(18)39-28(23)31-27(32)19-9-7-13-38-19/h6-15,22H,5H2,1-4H3,(H,31,32). The summed E-state index contributed by atoms with van der Waals surface area (Å²) in [5, 5.41) is 3.52. The number of pyridine rings is 1. The second kappa shape index (κ2) is 10.8. The summed E-state index contributed by atoms with van der Waals surface area (Å²) in [6, 6.07) is 14.0. The Morgan fingerprint density at radius 2 is 1.77 bits per heavy atom. The van der Waals surface area contributed by atoms with Crippen LogP contribution in [0.4, 0.5) is 0 Å². The molecule has 1 unspecified atom stereocenters. The molecule has 10 nitrogen and oxygen atoms in total. The third kappa shape index (κ3) is 4.61. The van der Waals surface area contributed by atoms with Crippen LogP contribution in [-0.4, -0.2) is 44.8 Å². The van der Waals surface area contributed by atoms with Gasteiger partial charge in [0.25, 0.3) is 5.91 Å². The van der Waals surface area contributed by atoms with Crippen molar-refractivity contribution < 1.29 is 37.7 Å². The fraction of sp³-hybridized carbons (Fsp3) is 0.207. The monoisotopic (exact) mass is 530 g/mol. The van der Waals surface area contributed by atoms with Crippen LogP contribution in [0.3, 0.4) is 0 Å². The number of nitrogens with zero attached hydrogens (tertiary/aromatic N) is 1. The number of esters is 1. The first-order valence-corrected chi connectivity index (χ1v) is 12.1.